The van der Waals surface area contributed by atoms with Crippen LogP contribution in [0.25, 0.3) is 0 Å². The van der Waals surface area contributed by atoms with Gasteiger partial charge in [0, 0.05) is 24.7 Å². The van der Waals surface area contributed by atoms with Gasteiger partial charge in [-0.2, -0.15) is 0 Å². The van der Waals surface area contributed by atoms with Crippen LogP contribution in [0.15, 0.2) is 0 Å². The van der Waals surface area contributed by atoms with Gasteiger partial charge in [0.2, 0.25) is 0 Å². The summed E-state index contributed by atoms with van der Waals surface area (Å²) in [5.41, 5.74) is 0.356. The first-order valence-corrected chi connectivity index (χ1v) is 8.85. The number of likely N-dealkylation sites (tertiary alicyclic amines) is 2. The van der Waals surface area contributed by atoms with Crippen LogP contribution >= 0.6 is 0 Å². The van der Waals surface area contributed by atoms with E-state index < -0.39 is 0 Å². The summed E-state index contributed by atoms with van der Waals surface area (Å²) in [4.78, 5) is 5.46. The third-order valence-corrected chi connectivity index (χ3v) is 5.38. The molecule has 2 nitrogen and oxygen atoms in total. The van der Waals surface area contributed by atoms with Crippen LogP contribution in [-0.2, 0) is 0 Å². The van der Waals surface area contributed by atoms with Gasteiger partial charge in [-0.15, -0.1) is 0 Å². The summed E-state index contributed by atoms with van der Waals surface area (Å²) in [6.45, 7) is 17.1. The van der Waals surface area contributed by atoms with E-state index in [0.717, 1.165) is 17.9 Å². The lowest BCUT2D eigenvalue weighted by atomic mass is 9.87. The van der Waals surface area contributed by atoms with Crippen molar-refractivity contribution in [1.29, 1.82) is 0 Å². The average molecular weight is 280 g/mol. The Morgan fingerprint density at radius 2 is 1.45 bits per heavy atom. The molecule has 0 aromatic carbocycles. The van der Waals surface area contributed by atoms with Crippen LogP contribution in [0.4, 0.5) is 0 Å². The quantitative estimate of drug-likeness (QED) is 0.771. The maximum absolute atomic E-state index is 2.80. The molecule has 0 aliphatic carbocycles. The van der Waals surface area contributed by atoms with Gasteiger partial charge in [-0.1, -0.05) is 13.8 Å². The molecule has 2 heteroatoms. The Kier molecular flexibility index (Phi) is 5.53. The van der Waals surface area contributed by atoms with Crippen molar-refractivity contribution in [1.82, 2.24) is 9.80 Å². The van der Waals surface area contributed by atoms with Crippen molar-refractivity contribution < 1.29 is 0 Å². The predicted molar refractivity (Wildman–Crippen MR) is 88.1 cm³/mol. The molecule has 2 fully saturated rings. The third-order valence-electron chi connectivity index (χ3n) is 5.38. The van der Waals surface area contributed by atoms with Crippen LogP contribution in [0, 0.1) is 11.8 Å². The largest absolute Gasteiger partial charge is 0.300 e. The van der Waals surface area contributed by atoms with E-state index in [1.165, 1.54) is 58.3 Å². The van der Waals surface area contributed by atoms with Crippen LogP contribution in [0.2, 0.25) is 0 Å². The topological polar surface area (TPSA) is 6.48 Å². The van der Waals surface area contributed by atoms with E-state index in [-0.39, 0.29) is 0 Å². The lowest BCUT2D eigenvalue weighted by molar-refractivity contribution is 0.0400. The molecule has 0 aromatic rings. The number of rotatable bonds is 3. The van der Waals surface area contributed by atoms with Crippen LogP contribution in [0.5, 0.6) is 0 Å². The zero-order valence-corrected chi connectivity index (χ0v) is 14.5. The fourth-order valence-electron chi connectivity index (χ4n) is 4.12. The van der Waals surface area contributed by atoms with Crippen molar-refractivity contribution in [3.05, 3.63) is 0 Å². The highest BCUT2D eigenvalue weighted by atomic mass is 15.2. The fraction of sp³-hybridized carbons (Fsp3) is 1.00. The molecular formula is C18H36N2. The maximum Gasteiger partial charge on any atom is 0.0125 e. The Morgan fingerprint density at radius 1 is 0.900 bits per heavy atom. The summed E-state index contributed by atoms with van der Waals surface area (Å²) in [6.07, 6.45) is 7.09. The van der Waals surface area contributed by atoms with Gasteiger partial charge >= 0.3 is 0 Å². The zero-order valence-electron chi connectivity index (χ0n) is 14.5. The Morgan fingerprint density at radius 3 is 1.90 bits per heavy atom. The van der Waals surface area contributed by atoms with Gasteiger partial charge in [0.25, 0.3) is 0 Å². The second-order valence-corrected chi connectivity index (χ2v) is 8.50. The molecule has 2 rings (SSSR count). The van der Waals surface area contributed by atoms with Gasteiger partial charge in [-0.25, -0.2) is 0 Å². The molecular weight excluding hydrogens is 244 g/mol. The molecule has 2 saturated heterocycles. The standard InChI is InChI=1S/C18H36N2/c1-15(2)14-16-6-10-19(11-7-16)17-8-12-20(13-9-17)18(3,4)5/h15-17H,6-14H2,1-5H3. The van der Waals surface area contributed by atoms with Crippen molar-refractivity contribution >= 4 is 0 Å². The first-order chi connectivity index (χ1) is 9.36. The third kappa shape index (κ3) is 4.46. The molecule has 2 aliphatic rings. The Balaban J connectivity index is 1.73. The second kappa shape index (κ2) is 6.79. The molecule has 0 bridgehead atoms. The lowest BCUT2D eigenvalue weighted by Crippen LogP contribution is -2.52. The summed E-state index contributed by atoms with van der Waals surface area (Å²) in [5.74, 6) is 1.88. The van der Waals surface area contributed by atoms with E-state index in [2.05, 4.69) is 44.4 Å². The van der Waals surface area contributed by atoms with E-state index in [4.69, 9.17) is 0 Å². The van der Waals surface area contributed by atoms with Gasteiger partial charge in [0.1, 0.15) is 0 Å². The van der Waals surface area contributed by atoms with Crippen LogP contribution in [-0.4, -0.2) is 47.6 Å². The average Bonchev–Trinajstić information content (AvgIpc) is 2.38. The van der Waals surface area contributed by atoms with E-state index in [9.17, 15) is 0 Å². The van der Waals surface area contributed by atoms with Crippen LogP contribution < -0.4 is 0 Å². The van der Waals surface area contributed by atoms with Gasteiger partial charge in [0.15, 0.2) is 0 Å². The molecule has 0 atom stereocenters. The minimum atomic E-state index is 0.356. The van der Waals surface area contributed by atoms with E-state index >= 15 is 0 Å². The number of hydrogen-bond acceptors (Lipinski definition) is 2. The monoisotopic (exact) mass is 280 g/mol. The summed E-state index contributed by atoms with van der Waals surface area (Å²) in [5, 5.41) is 0. The molecule has 0 spiro atoms. The fourth-order valence-corrected chi connectivity index (χ4v) is 4.12. The lowest BCUT2D eigenvalue weighted by Gasteiger charge is -2.45. The zero-order chi connectivity index (χ0) is 14.8. The van der Waals surface area contributed by atoms with Gasteiger partial charge in [-0.3, -0.25) is 4.90 Å². The van der Waals surface area contributed by atoms with Crippen molar-refractivity contribution in [3.8, 4) is 0 Å². The molecule has 2 heterocycles. The molecule has 0 unspecified atom stereocenters. The molecule has 0 aromatic heterocycles. The van der Waals surface area contributed by atoms with Crippen LogP contribution in [0.3, 0.4) is 0 Å². The van der Waals surface area contributed by atoms with Gasteiger partial charge in [-0.05, 0) is 77.8 Å². The molecule has 2 aliphatic heterocycles. The first-order valence-electron chi connectivity index (χ1n) is 8.85. The van der Waals surface area contributed by atoms with E-state index in [0.29, 0.717) is 5.54 Å². The molecule has 0 saturated carbocycles. The van der Waals surface area contributed by atoms with Gasteiger partial charge in [0.05, 0.1) is 0 Å². The molecule has 20 heavy (non-hydrogen) atoms. The van der Waals surface area contributed by atoms with E-state index in [1.807, 2.05) is 0 Å². The van der Waals surface area contributed by atoms with Crippen molar-refractivity contribution in [3.63, 3.8) is 0 Å². The molecule has 0 radical (unpaired) electrons. The first kappa shape index (κ1) is 16.3. The summed E-state index contributed by atoms with van der Waals surface area (Å²) in [6, 6.07) is 0.869. The highest BCUT2D eigenvalue weighted by molar-refractivity contribution is 4.87. The minimum Gasteiger partial charge on any atom is -0.300 e. The Hall–Kier alpha value is -0.0800. The Bertz CT molecular complexity index is 276. The normalized spacial score (nSPS) is 25.5. The summed E-state index contributed by atoms with van der Waals surface area (Å²) >= 11 is 0. The number of hydrogen-bond donors (Lipinski definition) is 0. The second-order valence-electron chi connectivity index (χ2n) is 8.50. The number of piperidine rings is 2. The maximum atomic E-state index is 2.80. The van der Waals surface area contributed by atoms with Crippen molar-refractivity contribution in [2.75, 3.05) is 26.2 Å². The number of nitrogens with zero attached hydrogens (tertiary/aromatic N) is 2. The highest BCUT2D eigenvalue weighted by Crippen LogP contribution is 2.29. The molecule has 0 N–H and O–H groups in total. The smallest absolute Gasteiger partial charge is 0.0125 e. The van der Waals surface area contributed by atoms with Crippen LogP contribution in [0.1, 0.15) is 66.7 Å². The Labute approximate surface area is 126 Å². The summed E-state index contributed by atoms with van der Waals surface area (Å²) < 4.78 is 0. The highest BCUT2D eigenvalue weighted by Gasteiger charge is 2.31. The van der Waals surface area contributed by atoms with Gasteiger partial charge < -0.3 is 4.90 Å². The summed E-state index contributed by atoms with van der Waals surface area (Å²) in [7, 11) is 0. The molecule has 0 amide bonds. The van der Waals surface area contributed by atoms with Crippen molar-refractivity contribution in [2.24, 2.45) is 11.8 Å². The minimum absolute atomic E-state index is 0.356. The van der Waals surface area contributed by atoms with Crippen molar-refractivity contribution in [2.45, 2.75) is 78.3 Å². The predicted octanol–water partition coefficient (Wildman–Crippen LogP) is 4.01. The SMILES string of the molecule is CC(C)CC1CCN(C2CCN(C(C)(C)C)CC2)CC1. The molecule has 118 valence electrons. The van der Waals surface area contributed by atoms with E-state index in [1.54, 1.807) is 0 Å².